The molecule has 1 aliphatic heterocycles. The van der Waals surface area contributed by atoms with Crippen LogP contribution in [0.5, 0.6) is 0 Å². The third kappa shape index (κ3) is 4.48. The van der Waals surface area contributed by atoms with E-state index < -0.39 is 0 Å². The van der Waals surface area contributed by atoms with Gasteiger partial charge in [-0.2, -0.15) is 0 Å². The molecule has 2 heterocycles. The summed E-state index contributed by atoms with van der Waals surface area (Å²) in [5.41, 5.74) is 1.07. The van der Waals surface area contributed by atoms with Crippen LogP contribution >= 0.6 is 15.9 Å². The highest BCUT2D eigenvalue weighted by atomic mass is 79.9. The third-order valence-electron chi connectivity index (χ3n) is 4.35. The molecule has 0 saturated carbocycles. The molecule has 0 spiro atoms. The topological polar surface area (TPSA) is 42.3 Å². The predicted molar refractivity (Wildman–Crippen MR) is 104 cm³/mol. The highest BCUT2D eigenvalue weighted by molar-refractivity contribution is 9.10. The number of halogens is 1. The molecule has 1 aromatic carbocycles. The monoisotopic (exact) mass is 400 g/mol. The van der Waals surface area contributed by atoms with Crippen LogP contribution in [0.2, 0.25) is 0 Å². The summed E-state index contributed by atoms with van der Waals surface area (Å²) in [7, 11) is 0. The first-order chi connectivity index (χ1) is 12.1. The zero-order chi connectivity index (χ0) is 17.6. The molecule has 4 nitrogen and oxygen atoms in total. The Balaban J connectivity index is 2.04. The van der Waals surface area contributed by atoms with Gasteiger partial charge in [0, 0.05) is 29.8 Å². The van der Waals surface area contributed by atoms with Crippen molar-refractivity contribution < 1.29 is 4.79 Å². The minimum Gasteiger partial charge on any atom is -0.337 e. The van der Waals surface area contributed by atoms with Gasteiger partial charge >= 0.3 is 0 Å². The number of benzene rings is 1. The zero-order valence-electron chi connectivity index (χ0n) is 14.0. The number of rotatable bonds is 3. The quantitative estimate of drug-likeness (QED) is 0.730. The fraction of sp³-hybridized carbons (Fsp3) is 0.300. The maximum absolute atomic E-state index is 13.2. The Hall–Kier alpha value is -2.14. The summed E-state index contributed by atoms with van der Waals surface area (Å²) in [4.78, 5) is 27.4. The highest BCUT2D eigenvalue weighted by Gasteiger charge is 2.21. The fourth-order valence-electron chi connectivity index (χ4n) is 3.05. The van der Waals surface area contributed by atoms with Gasteiger partial charge in [0.15, 0.2) is 0 Å². The molecule has 0 radical (unpaired) electrons. The number of likely N-dealkylation sites (tertiary alicyclic amines) is 1. The largest absolute Gasteiger partial charge is 0.337 e. The van der Waals surface area contributed by atoms with E-state index in [1.165, 1.54) is 10.6 Å². The van der Waals surface area contributed by atoms with Gasteiger partial charge in [0.25, 0.3) is 11.5 Å². The van der Waals surface area contributed by atoms with E-state index in [0.717, 1.165) is 48.8 Å². The van der Waals surface area contributed by atoms with Crippen LogP contribution in [0.25, 0.3) is 11.8 Å². The average Bonchev–Trinajstić information content (AvgIpc) is 2.89. The van der Waals surface area contributed by atoms with Crippen LogP contribution in [0.4, 0.5) is 0 Å². The molecule has 5 heteroatoms. The molecule has 1 fully saturated rings. The molecule has 1 aliphatic rings. The number of aromatic nitrogens is 1. The third-order valence-corrected chi connectivity index (χ3v) is 4.84. The summed E-state index contributed by atoms with van der Waals surface area (Å²) in [5, 5.41) is 0. The minimum atomic E-state index is -0.202. The molecule has 2 aromatic rings. The maximum Gasteiger partial charge on any atom is 0.270 e. The van der Waals surface area contributed by atoms with Crippen molar-refractivity contribution in [1.82, 2.24) is 9.47 Å². The molecule has 1 aromatic heterocycles. The first-order valence-electron chi connectivity index (χ1n) is 8.60. The lowest BCUT2D eigenvalue weighted by molar-refractivity contribution is -0.125. The molecule has 130 valence electrons. The van der Waals surface area contributed by atoms with Gasteiger partial charge in [0.05, 0.1) is 0 Å². The summed E-state index contributed by atoms with van der Waals surface area (Å²) in [6.45, 7) is 1.49. The number of carbonyl (C=O) groups is 1. The molecule has 0 aliphatic carbocycles. The van der Waals surface area contributed by atoms with Gasteiger partial charge in [-0.25, -0.2) is 0 Å². The Morgan fingerprint density at radius 2 is 1.76 bits per heavy atom. The smallest absolute Gasteiger partial charge is 0.270 e. The van der Waals surface area contributed by atoms with Crippen LogP contribution in [-0.2, 0) is 4.79 Å². The fourth-order valence-corrected chi connectivity index (χ4v) is 3.47. The van der Waals surface area contributed by atoms with Crippen molar-refractivity contribution in [3.05, 3.63) is 69.1 Å². The summed E-state index contributed by atoms with van der Waals surface area (Å²) in [6.07, 6.45) is 7.78. The molecule has 25 heavy (non-hydrogen) atoms. The highest BCUT2D eigenvalue weighted by Crippen LogP contribution is 2.19. The summed E-state index contributed by atoms with van der Waals surface area (Å²) >= 11 is 3.45. The van der Waals surface area contributed by atoms with Crippen LogP contribution in [0.3, 0.4) is 0 Å². The van der Waals surface area contributed by atoms with Crippen LogP contribution in [-0.4, -0.2) is 28.5 Å². The SMILES string of the molecule is O=C(/C(=C/c1cccc(Br)c1)n1ccccc1=O)N1CCCCCC1. The number of hydrogen-bond acceptors (Lipinski definition) is 2. The number of carbonyl (C=O) groups excluding carboxylic acids is 1. The van der Waals surface area contributed by atoms with Crippen molar-refractivity contribution in [3.63, 3.8) is 0 Å². The second kappa shape index (κ2) is 8.30. The Bertz CT molecular complexity index is 833. The first kappa shape index (κ1) is 17.7. The summed E-state index contributed by atoms with van der Waals surface area (Å²) in [5.74, 6) is -0.0878. The van der Waals surface area contributed by atoms with Crippen LogP contribution in [0.15, 0.2) is 57.9 Å². The standard InChI is InChI=1S/C20H21BrN2O2/c21-17-9-7-8-16(14-17)15-18(23-13-6-3-10-19(23)24)20(25)22-11-4-1-2-5-12-22/h3,6-10,13-15H,1-2,4-5,11-12H2/b18-15-. The van der Waals surface area contributed by atoms with Crippen molar-refractivity contribution in [3.8, 4) is 0 Å². The lowest BCUT2D eigenvalue weighted by Gasteiger charge is -2.22. The van der Waals surface area contributed by atoms with Gasteiger partial charge in [-0.1, -0.05) is 47.0 Å². The molecular formula is C20H21BrN2O2. The van der Waals surface area contributed by atoms with Crippen LogP contribution in [0, 0.1) is 0 Å². The van der Waals surface area contributed by atoms with Gasteiger partial charge in [0.1, 0.15) is 5.70 Å². The second-order valence-electron chi connectivity index (χ2n) is 6.20. The van der Waals surface area contributed by atoms with Gasteiger partial charge in [0.2, 0.25) is 0 Å². The van der Waals surface area contributed by atoms with Gasteiger partial charge in [-0.3, -0.25) is 14.2 Å². The molecule has 0 atom stereocenters. The summed E-state index contributed by atoms with van der Waals surface area (Å²) < 4.78 is 2.37. The van der Waals surface area contributed by atoms with E-state index in [1.807, 2.05) is 29.2 Å². The Morgan fingerprint density at radius 1 is 1.00 bits per heavy atom. The molecule has 0 unspecified atom stereocenters. The van der Waals surface area contributed by atoms with Crippen molar-refractivity contribution in [1.29, 1.82) is 0 Å². The number of nitrogens with zero attached hydrogens (tertiary/aromatic N) is 2. The van der Waals surface area contributed by atoms with Crippen molar-refractivity contribution >= 4 is 33.6 Å². The maximum atomic E-state index is 13.2. The Labute approximate surface area is 155 Å². The molecule has 0 bridgehead atoms. The van der Waals surface area contributed by atoms with Crippen molar-refractivity contribution in [2.24, 2.45) is 0 Å². The van der Waals surface area contributed by atoms with E-state index in [9.17, 15) is 9.59 Å². The first-order valence-corrected chi connectivity index (χ1v) is 9.39. The van der Waals surface area contributed by atoms with Gasteiger partial charge in [-0.05, 0) is 42.7 Å². The molecule has 3 rings (SSSR count). The molecule has 1 amide bonds. The van der Waals surface area contributed by atoms with E-state index in [2.05, 4.69) is 15.9 Å². The number of hydrogen-bond donors (Lipinski definition) is 0. The molecular weight excluding hydrogens is 380 g/mol. The van der Waals surface area contributed by atoms with E-state index in [4.69, 9.17) is 0 Å². The van der Waals surface area contributed by atoms with Crippen molar-refractivity contribution in [2.45, 2.75) is 25.7 Å². The lowest BCUT2D eigenvalue weighted by atomic mass is 10.1. The molecule has 1 saturated heterocycles. The second-order valence-corrected chi connectivity index (χ2v) is 7.12. The minimum absolute atomic E-state index is 0.0878. The van der Waals surface area contributed by atoms with Crippen LogP contribution < -0.4 is 5.56 Å². The van der Waals surface area contributed by atoms with E-state index in [0.29, 0.717) is 5.70 Å². The Morgan fingerprint density at radius 3 is 2.44 bits per heavy atom. The average molecular weight is 401 g/mol. The zero-order valence-corrected chi connectivity index (χ0v) is 15.6. The molecule has 0 N–H and O–H groups in total. The summed E-state index contributed by atoms with van der Waals surface area (Å²) in [6, 6.07) is 12.6. The number of pyridine rings is 1. The van der Waals surface area contributed by atoms with Crippen LogP contribution in [0.1, 0.15) is 31.2 Å². The van der Waals surface area contributed by atoms with E-state index in [1.54, 1.807) is 24.4 Å². The van der Waals surface area contributed by atoms with E-state index >= 15 is 0 Å². The van der Waals surface area contributed by atoms with Gasteiger partial charge in [-0.15, -0.1) is 0 Å². The predicted octanol–water partition coefficient (Wildman–Crippen LogP) is 4.01. The normalized spacial score (nSPS) is 15.7. The Kier molecular flexibility index (Phi) is 5.87. The van der Waals surface area contributed by atoms with Gasteiger partial charge < -0.3 is 4.90 Å². The number of amides is 1. The van der Waals surface area contributed by atoms with Crippen molar-refractivity contribution in [2.75, 3.05) is 13.1 Å². The lowest BCUT2D eigenvalue weighted by Crippen LogP contribution is -2.36. The van der Waals surface area contributed by atoms with E-state index in [-0.39, 0.29) is 11.5 Å².